The quantitative estimate of drug-likeness (QED) is 0.632. The summed E-state index contributed by atoms with van der Waals surface area (Å²) in [5.41, 5.74) is 13.3. The fourth-order valence-electron chi connectivity index (χ4n) is 3.07. The standard InChI is InChI=1S/C19H18N6OS2/c20-17-22-18(21)24-19(23-17)28-11-16(26)25-13-8-4-5-9-15(13)27-10-14(25)12-6-2-1-3-7-12/h1-9,14H,10-11H2,(H4,20,21,22,23,24). The van der Waals surface area contributed by atoms with Crippen LogP contribution >= 0.6 is 23.5 Å². The van der Waals surface area contributed by atoms with Gasteiger partial charge < -0.3 is 16.4 Å². The molecule has 1 unspecified atom stereocenters. The number of nitrogens with two attached hydrogens (primary N) is 2. The molecule has 1 atom stereocenters. The van der Waals surface area contributed by atoms with Gasteiger partial charge in [-0.2, -0.15) is 15.0 Å². The molecule has 0 radical (unpaired) electrons. The van der Waals surface area contributed by atoms with Crippen LogP contribution in [0.5, 0.6) is 0 Å². The minimum atomic E-state index is -0.0392. The molecule has 4 rings (SSSR count). The van der Waals surface area contributed by atoms with E-state index >= 15 is 0 Å². The molecule has 1 aliphatic rings. The van der Waals surface area contributed by atoms with E-state index in [0.717, 1.165) is 21.9 Å². The van der Waals surface area contributed by atoms with Gasteiger partial charge >= 0.3 is 0 Å². The first-order valence-electron chi connectivity index (χ1n) is 8.60. The number of thioether (sulfide) groups is 2. The van der Waals surface area contributed by atoms with E-state index in [2.05, 4.69) is 27.1 Å². The van der Waals surface area contributed by atoms with E-state index in [1.807, 2.05) is 47.4 Å². The molecule has 4 N–H and O–H groups in total. The Bertz CT molecular complexity index is 980. The summed E-state index contributed by atoms with van der Waals surface area (Å²) < 4.78 is 0. The van der Waals surface area contributed by atoms with Crippen LogP contribution in [0.15, 0.2) is 64.6 Å². The Morgan fingerprint density at radius 1 is 1.04 bits per heavy atom. The van der Waals surface area contributed by atoms with E-state index in [1.54, 1.807) is 11.8 Å². The number of fused-ring (bicyclic) bond motifs is 1. The largest absolute Gasteiger partial charge is 0.368 e. The smallest absolute Gasteiger partial charge is 0.238 e. The van der Waals surface area contributed by atoms with Gasteiger partial charge in [-0.25, -0.2) is 0 Å². The van der Waals surface area contributed by atoms with Crippen molar-refractivity contribution in [1.82, 2.24) is 15.0 Å². The van der Waals surface area contributed by atoms with E-state index in [-0.39, 0.29) is 29.6 Å². The lowest BCUT2D eigenvalue weighted by Crippen LogP contribution is -2.39. The Kier molecular flexibility index (Phi) is 5.36. The summed E-state index contributed by atoms with van der Waals surface area (Å²) in [6.45, 7) is 0. The first kappa shape index (κ1) is 18.6. The molecular weight excluding hydrogens is 392 g/mol. The second-order valence-electron chi connectivity index (χ2n) is 6.09. The van der Waals surface area contributed by atoms with Crippen molar-refractivity contribution < 1.29 is 4.79 Å². The highest BCUT2D eigenvalue weighted by Gasteiger charge is 2.32. The molecule has 3 aromatic rings. The Morgan fingerprint density at radius 3 is 2.46 bits per heavy atom. The normalized spacial score (nSPS) is 15.9. The van der Waals surface area contributed by atoms with E-state index in [9.17, 15) is 4.79 Å². The van der Waals surface area contributed by atoms with E-state index < -0.39 is 0 Å². The lowest BCUT2D eigenvalue weighted by molar-refractivity contribution is -0.116. The van der Waals surface area contributed by atoms with Gasteiger partial charge in [-0.15, -0.1) is 11.8 Å². The summed E-state index contributed by atoms with van der Waals surface area (Å²) in [4.78, 5) is 28.1. The van der Waals surface area contributed by atoms with Crippen LogP contribution < -0.4 is 16.4 Å². The first-order valence-corrected chi connectivity index (χ1v) is 10.6. The Balaban J connectivity index is 1.62. The molecule has 7 nitrogen and oxygen atoms in total. The molecule has 9 heteroatoms. The summed E-state index contributed by atoms with van der Waals surface area (Å²) in [6.07, 6.45) is 0. The number of benzene rings is 2. The molecule has 2 aromatic carbocycles. The molecule has 2 heterocycles. The fourth-order valence-corrected chi connectivity index (χ4v) is 4.94. The summed E-state index contributed by atoms with van der Waals surface area (Å²) in [5.74, 6) is 1.03. The fraction of sp³-hybridized carbons (Fsp3) is 0.158. The Morgan fingerprint density at radius 2 is 1.71 bits per heavy atom. The third-order valence-corrected chi connectivity index (χ3v) is 6.23. The Hall–Kier alpha value is -2.78. The van der Waals surface area contributed by atoms with Crippen LogP contribution in [0.25, 0.3) is 0 Å². The topological polar surface area (TPSA) is 111 Å². The maximum atomic E-state index is 13.2. The molecule has 0 spiro atoms. The van der Waals surface area contributed by atoms with Crippen molar-refractivity contribution >= 4 is 47.0 Å². The van der Waals surface area contributed by atoms with Crippen LogP contribution in [-0.2, 0) is 4.79 Å². The van der Waals surface area contributed by atoms with Gasteiger partial charge in [0.1, 0.15) is 0 Å². The van der Waals surface area contributed by atoms with Gasteiger partial charge in [-0.3, -0.25) is 4.79 Å². The summed E-state index contributed by atoms with van der Waals surface area (Å²) in [5, 5.41) is 0.342. The van der Waals surface area contributed by atoms with Crippen molar-refractivity contribution in [3.05, 3.63) is 60.2 Å². The van der Waals surface area contributed by atoms with Crippen LogP contribution in [0.3, 0.4) is 0 Å². The van der Waals surface area contributed by atoms with Gasteiger partial charge in [0.2, 0.25) is 17.8 Å². The van der Waals surface area contributed by atoms with Crippen LogP contribution in [0.1, 0.15) is 11.6 Å². The summed E-state index contributed by atoms with van der Waals surface area (Å²) in [7, 11) is 0. The Labute approximate surface area is 171 Å². The van der Waals surface area contributed by atoms with Crippen molar-refractivity contribution in [3.8, 4) is 0 Å². The number of hydrogen-bond acceptors (Lipinski definition) is 8. The van der Waals surface area contributed by atoms with Gasteiger partial charge in [-0.05, 0) is 17.7 Å². The van der Waals surface area contributed by atoms with Crippen molar-refractivity contribution in [2.45, 2.75) is 16.1 Å². The number of carbonyl (C=O) groups excluding carboxylic acids is 1. The summed E-state index contributed by atoms with van der Waals surface area (Å²) in [6, 6.07) is 18.0. The first-order chi connectivity index (χ1) is 13.6. The lowest BCUT2D eigenvalue weighted by atomic mass is 10.1. The second kappa shape index (κ2) is 8.07. The highest BCUT2D eigenvalue weighted by Crippen LogP contribution is 2.43. The van der Waals surface area contributed by atoms with Crippen molar-refractivity contribution in [2.24, 2.45) is 0 Å². The van der Waals surface area contributed by atoms with Crippen LogP contribution in [0.4, 0.5) is 17.6 Å². The predicted octanol–water partition coefficient (Wildman–Crippen LogP) is 3.01. The maximum Gasteiger partial charge on any atom is 0.238 e. The van der Waals surface area contributed by atoms with Gasteiger partial charge in [0.25, 0.3) is 0 Å². The number of anilines is 3. The van der Waals surface area contributed by atoms with Gasteiger partial charge in [0.05, 0.1) is 17.5 Å². The van der Waals surface area contributed by atoms with E-state index in [4.69, 9.17) is 11.5 Å². The molecule has 0 saturated carbocycles. The zero-order valence-corrected chi connectivity index (χ0v) is 16.5. The van der Waals surface area contributed by atoms with Crippen LogP contribution in [-0.4, -0.2) is 32.4 Å². The SMILES string of the molecule is Nc1nc(N)nc(SCC(=O)N2c3ccccc3SCC2c2ccccc2)n1. The molecular formula is C19H18N6OS2. The third kappa shape index (κ3) is 3.90. The zero-order chi connectivity index (χ0) is 19.5. The number of para-hydroxylation sites is 1. The second-order valence-corrected chi connectivity index (χ2v) is 8.10. The van der Waals surface area contributed by atoms with Crippen molar-refractivity contribution in [2.75, 3.05) is 27.9 Å². The molecule has 0 aliphatic carbocycles. The zero-order valence-electron chi connectivity index (χ0n) is 14.9. The molecule has 28 heavy (non-hydrogen) atoms. The third-order valence-electron chi connectivity index (χ3n) is 4.26. The maximum absolute atomic E-state index is 13.2. The number of rotatable bonds is 4. The van der Waals surface area contributed by atoms with Crippen molar-refractivity contribution in [3.63, 3.8) is 0 Å². The lowest BCUT2D eigenvalue weighted by Gasteiger charge is -2.37. The van der Waals surface area contributed by atoms with Gasteiger partial charge in [0, 0.05) is 10.6 Å². The number of nitrogens with zero attached hydrogens (tertiary/aromatic N) is 4. The van der Waals surface area contributed by atoms with Gasteiger partial charge in [-0.1, -0.05) is 54.2 Å². The van der Waals surface area contributed by atoms with E-state index in [1.165, 1.54) is 11.8 Å². The number of carbonyl (C=O) groups is 1. The number of nitrogen functional groups attached to an aromatic ring is 2. The minimum absolute atomic E-state index is 0.0239. The number of aromatic nitrogens is 3. The molecule has 0 saturated heterocycles. The van der Waals surface area contributed by atoms with Gasteiger partial charge in [0.15, 0.2) is 5.16 Å². The summed E-state index contributed by atoms with van der Waals surface area (Å²) >= 11 is 2.97. The highest BCUT2D eigenvalue weighted by atomic mass is 32.2. The monoisotopic (exact) mass is 410 g/mol. The van der Waals surface area contributed by atoms with Crippen molar-refractivity contribution in [1.29, 1.82) is 0 Å². The molecule has 142 valence electrons. The predicted molar refractivity (Wildman–Crippen MR) is 113 cm³/mol. The average Bonchev–Trinajstić information content (AvgIpc) is 2.71. The number of amides is 1. The van der Waals surface area contributed by atoms with E-state index in [0.29, 0.717) is 5.16 Å². The molecule has 0 fully saturated rings. The molecule has 0 bridgehead atoms. The van der Waals surface area contributed by atoms with Crippen LogP contribution in [0, 0.1) is 0 Å². The molecule has 1 aromatic heterocycles. The average molecular weight is 411 g/mol. The van der Waals surface area contributed by atoms with Crippen LogP contribution in [0.2, 0.25) is 0 Å². The molecule has 1 aliphatic heterocycles. The number of hydrogen-bond donors (Lipinski definition) is 2. The molecule has 1 amide bonds. The highest BCUT2D eigenvalue weighted by molar-refractivity contribution is 8.00. The minimum Gasteiger partial charge on any atom is -0.368 e.